The summed E-state index contributed by atoms with van der Waals surface area (Å²) in [7, 11) is 1.28. The van der Waals surface area contributed by atoms with E-state index < -0.39 is 237 Å². The summed E-state index contributed by atoms with van der Waals surface area (Å²) in [4.78, 5) is 168. The van der Waals surface area contributed by atoms with E-state index in [2.05, 4.69) is 31.9 Å². The number of esters is 1. The number of phenolic OH excluding ortho intramolecular Hbond substituents is 3. The van der Waals surface area contributed by atoms with E-state index in [1.807, 2.05) is 0 Å². The summed E-state index contributed by atoms with van der Waals surface area (Å²) in [5, 5.41) is 111. The highest BCUT2D eigenvalue weighted by molar-refractivity contribution is 6.32. The van der Waals surface area contributed by atoms with Crippen molar-refractivity contribution < 1.29 is 122 Å². The number of benzene rings is 6. The number of carbonyl (C=O) groups excluding carboxylic acids is 11. The molecule has 10 aliphatic rings. The molecule has 0 radical (unpaired) electrons. The lowest BCUT2D eigenvalue weighted by Crippen LogP contribution is -2.59. The molecule has 125 heavy (non-hydrogen) atoms. The predicted octanol–water partition coefficient (Wildman–Crippen LogP) is 10.1. The number of hydrogen-bond donors (Lipinski definition) is 14. The van der Waals surface area contributed by atoms with Crippen LogP contribution in [-0.4, -0.2) is 178 Å². The van der Waals surface area contributed by atoms with Gasteiger partial charge in [0.15, 0.2) is 28.8 Å². The summed E-state index contributed by atoms with van der Waals surface area (Å²) in [5.74, 6) is -17.5. The molecule has 16 rings (SSSR count). The molecule has 4 saturated carbocycles. The molecule has 5 fully saturated rings. The summed E-state index contributed by atoms with van der Waals surface area (Å²) in [6.07, 6.45) is -14.8. The maximum Gasteiger partial charge on any atom is 0.410 e. The Morgan fingerprint density at radius 3 is 1.85 bits per heavy atom. The number of phenols is 3. The fourth-order valence-electron chi connectivity index (χ4n) is 18.3. The minimum absolute atomic E-state index is 0.0639. The first-order chi connectivity index (χ1) is 59.0. The third kappa shape index (κ3) is 21.3. The monoisotopic (exact) mass is 1770 g/mol. The van der Waals surface area contributed by atoms with Crippen LogP contribution in [0.5, 0.6) is 46.0 Å². The second kappa shape index (κ2) is 37.7. The lowest BCUT2D eigenvalue weighted by molar-refractivity contribution is -0.273. The van der Waals surface area contributed by atoms with Gasteiger partial charge in [-0.3, -0.25) is 53.4 Å². The standard InChI is InChI=1S/C91H105Cl2N7O25/c1-41(2)23-59(100(9)89(119)125-91(6,7)8)85(116)98-75-62(104)32-51(35-70(107)95-88(118)94-40-42-13-11-10-12-14-42)83(114)96-73-50-33-68(120-65-19-16-46(77(75)109)30-57(65)92)82(123-87-81(113)80(112)79(111)67(122-87)21-22-71(108)124-90(3,4)5)69(34-50)121-66-20-17-47(31-58(66)93)78(110)76-86(117)97-74(64(106)38-53-48-25-43-24-44(27-48)28-49(53)26-43)56-36-52(101)37-61(103)72(56)55-29-45(15-18-60(55)102)54(39-63(73)105)84(115)99-76/h10-20,29-31,33-34,36-37,41,43-44,48-49,51,53-54,59,67,73-81,87,101-103,109-113H,21-28,32,35,38-40H2,1-9H3,(H,96,114)(H,97,117)(H,98,116)(H,99,115)(H2,94,95,107,118)/t43?,44?,48?,49?,51-,53?,54+,59+,67+,73+,74-,75-,76-,77+,78+,79+,80-,81+,87-/m0/s1. The number of carbonyl (C=O) groups is 11. The van der Waals surface area contributed by atoms with E-state index in [0.717, 1.165) is 79.5 Å². The number of halogens is 2. The van der Waals surface area contributed by atoms with Gasteiger partial charge in [-0.05, 0) is 210 Å². The highest BCUT2D eigenvalue weighted by atomic mass is 35.5. The number of fused-ring (bicyclic) bond motifs is 15. The van der Waals surface area contributed by atoms with Gasteiger partial charge in [0.05, 0.1) is 28.0 Å². The number of aliphatic hydroxyl groups excluding tert-OH is 5. The smallest absolute Gasteiger partial charge is 0.410 e. The number of ether oxygens (including phenoxy) is 6. The maximum atomic E-state index is 16.7. The van der Waals surface area contributed by atoms with E-state index in [1.165, 1.54) is 43.4 Å². The van der Waals surface area contributed by atoms with Crippen molar-refractivity contribution in [1.82, 2.24) is 36.8 Å². The van der Waals surface area contributed by atoms with E-state index in [-0.39, 0.29) is 94.4 Å². The fraction of sp³-hybridized carbons (Fsp3) is 0.484. The minimum Gasteiger partial charge on any atom is -0.508 e. The van der Waals surface area contributed by atoms with Crippen LogP contribution in [0.15, 0.2) is 109 Å². The van der Waals surface area contributed by atoms with Crippen LogP contribution in [0.4, 0.5) is 9.59 Å². The van der Waals surface area contributed by atoms with Gasteiger partial charge < -0.3 is 95.9 Å². The summed E-state index contributed by atoms with van der Waals surface area (Å²) in [6.45, 7) is 13.1. The average molecular weight is 1770 g/mol. The number of rotatable bonds is 17. The Balaban J connectivity index is 1.000. The number of likely N-dealkylation sites (N-methyl/N-ethyl adjacent to an activating group) is 1. The Hall–Kier alpha value is -11.0. The molecule has 14 N–H and O–H groups in total. The number of amides is 8. The number of urea groups is 1. The van der Waals surface area contributed by atoms with Crippen LogP contribution in [-0.2, 0) is 63.9 Å². The van der Waals surface area contributed by atoms with Gasteiger partial charge in [0.2, 0.25) is 41.6 Å². The number of hydrogen-bond acceptors (Lipinski definition) is 25. The van der Waals surface area contributed by atoms with Gasteiger partial charge in [0.1, 0.15) is 101 Å². The minimum atomic E-state index is -2.29. The number of imide groups is 1. The first-order valence-corrected chi connectivity index (χ1v) is 42.6. The van der Waals surface area contributed by atoms with Crippen molar-refractivity contribution in [1.29, 1.82) is 0 Å². The molecule has 6 aromatic rings. The lowest BCUT2D eigenvalue weighted by Gasteiger charge is -2.54. The highest BCUT2D eigenvalue weighted by Gasteiger charge is 2.52. The molecule has 0 spiro atoms. The largest absolute Gasteiger partial charge is 0.508 e. The second-order valence-electron chi connectivity index (χ2n) is 36.2. The normalized spacial score (nSPS) is 26.9. The van der Waals surface area contributed by atoms with Crippen molar-refractivity contribution in [2.75, 3.05) is 7.05 Å². The molecule has 1 saturated heterocycles. The third-order valence-corrected chi connectivity index (χ3v) is 24.7. The molecule has 6 aliphatic heterocycles. The van der Waals surface area contributed by atoms with E-state index in [1.54, 1.807) is 85.7 Å². The first kappa shape index (κ1) is 91.7. The van der Waals surface area contributed by atoms with Crippen molar-refractivity contribution in [3.05, 3.63) is 153 Å². The van der Waals surface area contributed by atoms with Crippen LogP contribution in [0.2, 0.25) is 10.0 Å². The van der Waals surface area contributed by atoms with Gasteiger partial charge in [0.25, 0.3) is 0 Å². The van der Waals surface area contributed by atoms with E-state index in [9.17, 15) is 60.0 Å². The first-order valence-electron chi connectivity index (χ1n) is 41.8. The van der Waals surface area contributed by atoms with Crippen molar-refractivity contribution in [3.63, 3.8) is 0 Å². The van der Waals surface area contributed by atoms with Crippen molar-refractivity contribution in [2.45, 2.75) is 229 Å². The lowest BCUT2D eigenvalue weighted by atomic mass is 9.51. The molecule has 8 amide bonds. The summed E-state index contributed by atoms with van der Waals surface area (Å²) in [6, 6.07) is 12.4. The molecule has 0 aromatic heterocycles. The molecule has 32 nitrogen and oxygen atoms in total. The van der Waals surface area contributed by atoms with Gasteiger partial charge >= 0.3 is 18.1 Å². The molecule has 15 bridgehead atoms. The van der Waals surface area contributed by atoms with Crippen LogP contribution in [0, 0.1) is 41.4 Å². The van der Waals surface area contributed by atoms with Crippen molar-refractivity contribution in [2.24, 2.45) is 41.4 Å². The molecule has 34 heteroatoms. The van der Waals surface area contributed by atoms with Gasteiger partial charge in [-0.2, -0.15) is 0 Å². The maximum absolute atomic E-state index is 16.7. The van der Waals surface area contributed by atoms with Crippen LogP contribution < -0.4 is 46.1 Å². The molecule has 6 aromatic carbocycles. The summed E-state index contributed by atoms with van der Waals surface area (Å²) >= 11 is 14.5. The zero-order valence-corrected chi connectivity index (χ0v) is 71.9. The number of aliphatic hydroxyl groups is 5. The number of nitrogens with zero attached hydrogens (tertiary/aromatic N) is 1. The predicted molar refractivity (Wildman–Crippen MR) is 449 cm³/mol. The summed E-state index contributed by atoms with van der Waals surface area (Å²) < 4.78 is 37.4. The number of aromatic hydroxyl groups is 3. The average Bonchev–Trinajstić information content (AvgIpc) is 0.755. The molecule has 4 aliphatic carbocycles. The third-order valence-electron chi connectivity index (χ3n) is 24.1. The van der Waals surface area contributed by atoms with E-state index in [0.29, 0.717) is 17.4 Å². The van der Waals surface area contributed by atoms with Crippen LogP contribution in [0.1, 0.15) is 196 Å². The van der Waals surface area contributed by atoms with Gasteiger partial charge in [0, 0.05) is 62.9 Å². The van der Waals surface area contributed by atoms with Crippen LogP contribution >= 0.6 is 23.2 Å². The second-order valence-corrected chi connectivity index (χ2v) is 37.0. The van der Waals surface area contributed by atoms with E-state index >= 15 is 33.6 Å². The Morgan fingerprint density at radius 1 is 0.624 bits per heavy atom. The molecular weight excluding hydrogens is 1660 g/mol. The van der Waals surface area contributed by atoms with Gasteiger partial charge in [-0.1, -0.05) is 85.6 Å². The molecule has 6 heterocycles. The zero-order chi connectivity index (χ0) is 90.3. The topological polar surface area (TPSA) is 480 Å². The van der Waals surface area contributed by atoms with Crippen LogP contribution in [0.25, 0.3) is 11.1 Å². The Kier molecular flexibility index (Phi) is 27.6. The number of ketones is 3. The Bertz CT molecular complexity index is 5140. The zero-order valence-electron chi connectivity index (χ0n) is 70.4. The molecule has 668 valence electrons. The quantitative estimate of drug-likeness (QED) is 0.0377. The van der Waals surface area contributed by atoms with Crippen LogP contribution in [0.3, 0.4) is 0 Å². The summed E-state index contributed by atoms with van der Waals surface area (Å²) in [5.41, 5.74) is -3.30. The van der Waals surface area contributed by atoms with E-state index in [4.69, 9.17) is 51.6 Å². The fourth-order valence-corrected chi connectivity index (χ4v) is 18.7. The van der Waals surface area contributed by atoms with Crippen molar-refractivity contribution >= 4 is 88.2 Å². The number of nitrogens with one attached hydrogen (secondary N) is 6. The molecule has 0 unspecified atom stereocenters. The number of Topliss-reactive ketones (excluding diaryl/α,β-unsaturated/α-hetero) is 3. The molecule has 14 atom stereocenters. The Labute approximate surface area is 730 Å². The van der Waals surface area contributed by atoms with Gasteiger partial charge in [-0.15, -0.1) is 0 Å². The van der Waals surface area contributed by atoms with Gasteiger partial charge in [-0.25, -0.2) is 9.59 Å². The Morgan fingerprint density at radius 2 is 1.24 bits per heavy atom. The molecular formula is C91H105Cl2N7O25. The SMILES string of the molecule is CC(C)C[C@H](C(=O)N[C@H]1C(=O)C[C@@H](CC(=O)NC(=O)NCc2ccccc2)C(=O)N[C@H]2C(=O)C[C@H]3C(=O)N[C@H](C(=O)N[C@H](C(=O)CC4C5CC6CC(C5)CC4C6)c4cc(O)cc(O)c4-c4cc3ccc4O)[C@H](O)c3ccc(c(Cl)c3)Oc3cc2cc(c3O[C@@H]2O[C@H](CCC(=O)OC(C)(C)C)[C@@H](O)[C@H](O)[C@H]2O)Oc2ccc(cc2Cl)[C@H]1O)N(C)C(=O)OC(C)(C)C. The van der Waals surface area contributed by atoms with Crippen molar-refractivity contribution in [3.8, 4) is 57.1 Å². The highest BCUT2D eigenvalue weighted by Crippen LogP contribution is 2.58.